The molecular weight excluding hydrogens is 204 g/mol. The SMILES string of the molecule is CC(C)(N)CNS(=O)(=O)c1cnc[nH]1. The zero-order valence-electron chi connectivity index (χ0n) is 8.11. The maximum absolute atomic E-state index is 11.5. The van der Waals surface area contributed by atoms with E-state index < -0.39 is 15.6 Å². The van der Waals surface area contributed by atoms with E-state index in [0.717, 1.165) is 0 Å². The van der Waals surface area contributed by atoms with E-state index in [0.29, 0.717) is 0 Å². The number of nitrogens with two attached hydrogens (primary N) is 1. The quantitative estimate of drug-likeness (QED) is 0.629. The van der Waals surface area contributed by atoms with Gasteiger partial charge in [0.05, 0.1) is 12.5 Å². The lowest BCUT2D eigenvalue weighted by Crippen LogP contribution is -2.45. The molecule has 0 bridgehead atoms. The molecule has 0 spiro atoms. The van der Waals surface area contributed by atoms with Crippen LogP contribution in [-0.2, 0) is 10.0 Å². The van der Waals surface area contributed by atoms with Crippen LogP contribution < -0.4 is 10.5 Å². The van der Waals surface area contributed by atoms with Crippen molar-refractivity contribution in [2.45, 2.75) is 24.4 Å². The molecule has 0 radical (unpaired) electrons. The van der Waals surface area contributed by atoms with Crippen LogP contribution in [0.2, 0.25) is 0 Å². The van der Waals surface area contributed by atoms with Gasteiger partial charge >= 0.3 is 0 Å². The van der Waals surface area contributed by atoms with Gasteiger partial charge < -0.3 is 10.7 Å². The van der Waals surface area contributed by atoms with Crippen LogP contribution in [-0.4, -0.2) is 30.5 Å². The van der Waals surface area contributed by atoms with Gasteiger partial charge in [0.15, 0.2) is 5.03 Å². The number of rotatable bonds is 4. The number of hydrogen-bond donors (Lipinski definition) is 3. The molecule has 0 saturated heterocycles. The standard InChI is InChI=1S/C7H14N4O2S/c1-7(2,8)4-11-14(12,13)6-3-9-5-10-6/h3,5,11H,4,8H2,1-2H3,(H,9,10). The first-order chi connectivity index (χ1) is 6.31. The fourth-order valence-electron chi connectivity index (χ4n) is 0.749. The van der Waals surface area contributed by atoms with E-state index in [2.05, 4.69) is 14.7 Å². The fraction of sp³-hybridized carbons (Fsp3) is 0.571. The van der Waals surface area contributed by atoms with Crippen LogP contribution in [0.3, 0.4) is 0 Å². The Bertz CT molecular complexity index is 376. The van der Waals surface area contributed by atoms with E-state index in [9.17, 15) is 8.42 Å². The van der Waals surface area contributed by atoms with E-state index in [1.54, 1.807) is 13.8 Å². The smallest absolute Gasteiger partial charge is 0.257 e. The molecule has 0 atom stereocenters. The summed E-state index contributed by atoms with van der Waals surface area (Å²) in [4.78, 5) is 6.14. The van der Waals surface area contributed by atoms with Crippen LogP contribution >= 0.6 is 0 Å². The second-order valence-corrected chi connectivity index (χ2v) is 5.46. The predicted octanol–water partition coefficient (Wildman–Crippen LogP) is -0.575. The molecule has 0 aliphatic carbocycles. The minimum atomic E-state index is -3.50. The third-order valence-corrected chi connectivity index (χ3v) is 2.81. The number of sulfonamides is 1. The van der Waals surface area contributed by atoms with Crippen molar-refractivity contribution in [3.8, 4) is 0 Å². The first-order valence-corrected chi connectivity index (χ1v) is 5.56. The first-order valence-electron chi connectivity index (χ1n) is 4.08. The summed E-state index contributed by atoms with van der Waals surface area (Å²) in [6, 6.07) is 0. The number of imidazole rings is 1. The Morgan fingerprint density at radius 2 is 2.29 bits per heavy atom. The molecule has 0 saturated carbocycles. The molecule has 1 rings (SSSR count). The molecule has 1 aromatic heterocycles. The molecule has 0 amide bonds. The number of hydrogen-bond acceptors (Lipinski definition) is 4. The minimum absolute atomic E-state index is 0.0433. The number of aromatic nitrogens is 2. The highest BCUT2D eigenvalue weighted by atomic mass is 32.2. The molecule has 0 unspecified atom stereocenters. The maximum atomic E-state index is 11.5. The van der Waals surface area contributed by atoms with E-state index in [1.807, 2.05) is 0 Å². The van der Waals surface area contributed by atoms with Crippen molar-refractivity contribution < 1.29 is 8.42 Å². The van der Waals surface area contributed by atoms with Gasteiger partial charge in [-0.15, -0.1) is 0 Å². The highest BCUT2D eigenvalue weighted by Crippen LogP contribution is 2.03. The van der Waals surface area contributed by atoms with Gasteiger partial charge in [-0.1, -0.05) is 0 Å². The Hall–Kier alpha value is -0.920. The van der Waals surface area contributed by atoms with Gasteiger partial charge in [0.2, 0.25) is 0 Å². The molecule has 14 heavy (non-hydrogen) atoms. The second kappa shape index (κ2) is 3.68. The Morgan fingerprint density at radius 1 is 1.64 bits per heavy atom. The summed E-state index contributed by atoms with van der Waals surface area (Å²) in [5.41, 5.74) is 5.07. The minimum Gasteiger partial charge on any atom is -0.335 e. The molecular formula is C7H14N4O2S. The number of H-pyrrole nitrogens is 1. The van der Waals surface area contributed by atoms with E-state index in [4.69, 9.17) is 5.73 Å². The van der Waals surface area contributed by atoms with Crippen LogP contribution in [0.4, 0.5) is 0 Å². The molecule has 0 aliphatic rings. The topological polar surface area (TPSA) is 101 Å². The number of nitrogens with zero attached hydrogens (tertiary/aromatic N) is 1. The highest BCUT2D eigenvalue weighted by molar-refractivity contribution is 7.89. The van der Waals surface area contributed by atoms with Crippen LogP contribution in [0.5, 0.6) is 0 Å². The van der Waals surface area contributed by atoms with Crippen molar-refractivity contribution in [1.29, 1.82) is 0 Å². The van der Waals surface area contributed by atoms with Crippen LogP contribution in [0.15, 0.2) is 17.6 Å². The molecule has 0 aromatic carbocycles. The van der Waals surface area contributed by atoms with Gasteiger partial charge in [-0.05, 0) is 13.8 Å². The van der Waals surface area contributed by atoms with E-state index in [-0.39, 0.29) is 11.6 Å². The van der Waals surface area contributed by atoms with Crippen molar-refractivity contribution in [1.82, 2.24) is 14.7 Å². The van der Waals surface area contributed by atoms with Crippen molar-refractivity contribution in [2.75, 3.05) is 6.54 Å². The first kappa shape index (κ1) is 11.2. The summed E-state index contributed by atoms with van der Waals surface area (Å²) in [5.74, 6) is 0. The molecule has 4 N–H and O–H groups in total. The van der Waals surface area contributed by atoms with Crippen LogP contribution in [0, 0.1) is 0 Å². The Balaban J connectivity index is 2.70. The molecule has 80 valence electrons. The number of aromatic amines is 1. The molecule has 7 heteroatoms. The molecule has 1 aromatic rings. The van der Waals surface area contributed by atoms with Gasteiger partial charge in [-0.3, -0.25) is 0 Å². The largest absolute Gasteiger partial charge is 0.335 e. The van der Waals surface area contributed by atoms with Gasteiger partial charge in [0.25, 0.3) is 10.0 Å². The summed E-state index contributed by atoms with van der Waals surface area (Å²) >= 11 is 0. The average molecular weight is 218 g/mol. The second-order valence-electron chi connectivity index (χ2n) is 3.73. The van der Waals surface area contributed by atoms with Gasteiger partial charge in [0, 0.05) is 12.1 Å². The third-order valence-electron chi connectivity index (χ3n) is 1.48. The highest BCUT2D eigenvalue weighted by Gasteiger charge is 2.19. The van der Waals surface area contributed by atoms with E-state index >= 15 is 0 Å². The summed E-state index contributed by atoms with van der Waals surface area (Å²) < 4.78 is 25.4. The monoisotopic (exact) mass is 218 g/mol. The van der Waals surface area contributed by atoms with E-state index in [1.165, 1.54) is 12.5 Å². The van der Waals surface area contributed by atoms with Gasteiger partial charge in [-0.25, -0.2) is 18.1 Å². The Kier molecular flexibility index (Phi) is 2.93. The predicted molar refractivity (Wildman–Crippen MR) is 52.0 cm³/mol. The maximum Gasteiger partial charge on any atom is 0.257 e. The van der Waals surface area contributed by atoms with Crippen molar-refractivity contribution in [3.63, 3.8) is 0 Å². The Labute approximate surface area is 83.0 Å². The van der Waals surface area contributed by atoms with Crippen LogP contribution in [0.25, 0.3) is 0 Å². The van der Waals surface area contributed by atoms with Gasteiger partial charge in [-0.2, -0.15) is 0 Å². The summed E-state index contributed by atoms with van der Waals surface area (Å²) in [6.07, 6.45) is 2.55. The third kappa shape index (κ3) is 3.09. The normalized spacial score (nSPS) is 13.1. The van der Waals surface area contributed by atoms with Crippen molar-refractivity contribution in [2.24, 2.45) is 5.73 Å². The zero-order chi connectivity index (χ0) is 10.8. The van der Waals surface area contributed by atoms with Crippen molar-refractivity contribution >= 4 is 10.0 Å². The Morgan fingerprint density at radius 3 is 2.71 bits per heavy atom. The average Bonchev–Trinajstić information content (AvgIpc) is 2.52. The molecule has 0 aliphatic heterocycles. The molecule has 1 heterocycles. The summed E-state index contributed by atoms with van der Waals surface area (Å²) in [7, 11) is -3.50. The lowest BCUT2D eigenvalue weighted by atomic mass is 10.1. The van der Waals surface area contributed by atoms with Crippen molar-refractivity contribution in [3.05, 3.63) is 12.5 Å². The zero-order valence-corrected chi connectivity index (χ0v) is 8.93. The van der Waals surface area contributed by atoms with Crippen LogP contribution in [0.1, 0.15) is 13.8 Å². The molecule has 6 nitrogen and oxygen atoms in total. The van der Waals surface area contributed by atoms with Gasteiger partial charge in [0.1, 0.15) is 0 Å². The lowest BCUT2D eigenvalue weighted by molar-refractivity contribution is 0.497. The fourth-order valence-corrected chi connectivity index (χ4v) is 1.87. The molecule has 0 fully saturated rings. The number of nitrogens with one attached hydrogen (secondary N) is 2. The summed E-state index contributed by atoms with van der Waals surface area (Å²) in [5, 5.41) is 0.0433. The summed E-state index contributed by atoms with van der Waals surface area (Å²) in [6.45, 7) is 3.65. The lowest BCUT2D eigenvalue weighted by Gasteiger charge is -2.18.